The Morgan fingerprint density at radius 1 is 0.829 bits per heavy atom. The van der Waals surface area contributed by atoms with E-state index in [4.69, 9.17) is 14.6 Å². The first-order valence-corrected chi connectivity index (χ1v) is 11.9. The molecule has 0 aromatic heterocycles. The van der Waals surface area contributed by atoms with Crippen molar-refractivity contribution in [2.24, 2.45) is 16.9 Å². The number of ether oxygens (including phenoxy) is 2. The summed E-state index contributed by atoms with van der Waals surface area (Å²) in [4.78, 5) is 26.6. The van der Waals surface area contributed by atoms with E-state index in [2.05, 4.69) is 0 Å². The highest BCUT2D eigenvalue weighted by molar-refractivity contribution is 6.10. The van der Waals surface area contributed by atoms with Crippen molar-refractivity contribution in [3.8, 4) is 0 Å². The topological polar surface area (TPSA) is 68.2 Å². The molecule has 4 rings (SSSR count). The fourth-order valence-electron chi connectivity index (χ4n) is 4.51. The van der Waals surface area contributed by atoms with Crippen LogP contribution >= 0.6 is 0 Å². The normalized spacial score (nSPS) is 17.3. The van der Waals surface area contributed by atoms with E-state index in [9.17, 15) is 9.59 Å². The molecule has 0 saturated carbocycles. The summed E-state index contributed by atoms with van der Waals surface area (Å²) in [6, 6.07) is 27.1. The lowest BCUT2D eigenvalue weighted by atomic mass is 9.77. The molecule has 0 unspecified atom stereocenters. The van der Waals surface area contributed by atoms with Crippen molar-refractivity contribution >= 4 is 23.3 Å². The van der Waals surface area contributed by atoms with E-state index in [1.54, 1.807) is 13.8 Å². The Labute approximate surface area is 206 Å². The minimum absolute atomic E-state index is 0.164. The van der Waals surface area contributed by atoms with Crippen LogP contribution in [0.15, 0.2) is 90.0 Å². The largest absolute Gasteiger partial charge is 0.465 e. The van der Waals surface area contributed by atoms with Crippen LogP contribution in [0.2, 0.25) is 0 Å². The van der Waals surface area contributed by atoms with Crippen LogP contribution in [0.4, 0.5) is 5.69 Å². The van der Waals surface area contributed by atoms with Gasteiger partial charge in [-0.25, -0.2) is 0 Å². The van der Waals surface area contributed by atoms with Crippen molar-refractivity contribution in [1.29, 1.82) is 0 Å². The van der Waals surface area contributed by atoms with Crippen LogP contribution in [-0.2, 0) is 19.1 Å². The fourth-order valence-corrected chi connectivity index (χ4v) is 4.51. The number of hydrogen-bond acceptors (Lipinski definition) is 6. The molecule has 0 spiro atoms. The van der Waals surface area contributed by atoms with Gasteiger partial charge in [0.1, 0.15) is 0 Å². The molecule has 0 amide bonds. The van der Waals surface area contributed by atoms with Crippen molar-refractivity contribution in [2.45, 2.75) is 26.8 Å². The van der Waals surface area contributed by atoms with Crippen LogP contribution in [0.25, 0.3) is 0 Å². The first-order chi connectivity index (χ1) is 17.0. The third-order valence-electron chi connectivity index (χ3n) is 6.08. The zero-order valence-electron chi connectivity index (χ0n) is 20.3. The summed E-state index contributed by atoms with van der Waals surface area (Å²) >= 11 is 0. The Bertz CT molecular complexity index is 1160. The average molecular weight is 471 g/mol. The molecule has 0 saturated heterocycles. The van der Waals surface area contributed by atoms with Crippen LogP contribution in [0.5, 0.6) is 0 Å². The SMILES string of the molecule is CCOC(=O)C(C(=O)OCC)[C@H]1C(c2ccccc2)=NN(c2ccccc2)[C@@H]1c1ccc(C)cc1. The van der Waals surface area contributed by atoms with Crippen molar-refractivity contribution in [1.82, 2.24) is 0 Å². The van der Waals surface area contributed by atoms with E-state index < -0.39 is 29.8 Å². The van der Waals surface area contributed by atoms with Gasteiger partial charge < -0.3 is 9.47 Å². The van der Waals surface area contributed by atoms with Gasteiger partial charge in [0.05, 0.1) is 36.6 Å². The van der Waals surface area contributed by atoms with Gasteiger partial charge in [-0.15, -0.1) is 0 Å². The first-order valence-electron chi connectivity index (χ1n) is 11.9. The second-order valence-corrected chi connectivity index (χ2v) is 8.39. The second kappa shape index (κ2) is 11.0. The minimum atomic E-state index is -1.17. The molecule has 3 aromatic rings. The lowest BCUT2D eigenvalue weighted by Crippen LogP contribution is -2.41. The van der Waals surface area contributed by atoms with E-state index in [0.717, 1.165) is 22.4 Å². The molecule has 0 radical (unpaired) electrons. The van der Waals surface area contributed by atoms with Gasteiger partial charge in [0.25, 0.3) is 0 Å². The van der Waals surface area contributed by atoms with Crippen molar-refractivity contribution in [2.75, 3.05) is 18.2 Å². The van der Waals surface area contributed by atoms with Crippen LogP contribution in [0.1, 0.15) is 36.6 Å². The van der Waals surface area contributed by atoms with Gasteiger partial charge in [0.2, 0.25) is 0 Å². The summed E-state index contributed by atoms with van der Waals surface area (Å²) in [5, 5.41) is 6.94. The van der Waals surface area contributed by atoms with E-state index in [1.165, 1.54) is 0 Å². The molecule has 6 heteroatoms. The number of carbonyl (C=O) groups excluding carboxylic acids is 2. The number of aryl methyl sites for hydroxylation is 1. The van der Waals surface area contributed by atoms with E-state index >= 15 is 0 Å². The van der Waals surface area contributed by atoms with E-state index in [1.807, 2.05) is 96.9 Å². The molecule has 0 aliphatic carbocycles. The summed E-state index contributed by atoms with van der Waals surface area (Å²) in [6.07, 6.45) is 0. The van der Waals surface area contributed by atoms with Crippen molar-refractivity contribution < 1.29 is 19.1 Å². The maximum Gasteiger partial charge on any atom is 0.321 e. The first kappa shape index (κ1) is 24.2. The van der Waals surface area contributed by atoms with Gasteiger partial charge in [-0.1, -0.05) is 78.4 Å². The number of hydrogen-bond donors (Lipinski definition) is 0. The molecule has 0 fully saturated rings. The number of para-hydroxylation sites is 1. The summed E-state index contributed by atoms with van der Waals surface area (Å²) in [5.41, 5.74) is 4.40. The zero-order chi connectivity index (χ0) is 24.8. The van der Waals surface area contributed by atoms with Crippen LogP contribution in [-0.4, -0.2) is 30.9 Å². The molecule has 2 atom stereocenters. The molecule has 6 nitrogen and oxygen atoms in total. The molecule has 1 aliphatic heterocycles. The lowest BCUT2D eigenvalue weighted by molar-refractivity contribution is -0.163. The molecule has 0 bridgehead atoms. The number of hydrazone groups is 1. The van der Waals surface area contributed by atoms with Gasteiger partial charge in [-0.2, -0.15) is 5.10 Å². The maximum atomic E-state index is 13.3. The fraction of sp³-hybridized carbons (Fsp3) is 0.276. The molecular formula is C29H30N2O4. The Kier molecular flexibility index (Phi) is 7.60. The minimum Gasteiger partial charge on any atom is -0.465 e. The number of rotatable bonds is 8. The Morgan fingerprint density at radius 3 is 1.91 bits per heavy atom. The molecule has 3 aromatic carbocycles. The van der Waals surface area contributed by atoms with E-state index in [-0.39, 0.29) is 13.2 Å². The van der Waals surface area contributed by atoms with E-state index in [0.29, 0.717) is 5.71 Å². The summed E-state index contributed by atoms with van der Waals surface area (Å²) in [5.74, 6) is -3.01. The molecule has 180 valence electrons. The highest BCUT2D eigenvalue weighted by Gasteiger charge is 2.51. The van der Waals surface area contributed by atoms with Gasteiger partial charge in [-0.3, -0.25) is 14.6 Å². The quantitative estimate of drug-likeness (QED) is 0.329. The Morgan fingerprint density at radius 2 is 1.37 bits per heavy atom. The van der Waals surface area contributed by atoms with Gasteiger partial charge >= 0.3 is 11.9 Å². The lowest BCUT2D eigenvalue weighted by Gasteiger charge is -2.31. The van der Waals surface area contributed by atoms with Crippen molar-refractivity contribution in [3.63, 3.8) is 0 Å². The summed E-state index contributed by atoms with van der Waals surface area (Å²) in [6.45, 7) is 5.81. The van der Waals surface area contributed by atoms with Crippen molar-refractivity contribution in [3.05, 3.63) is 102 Å². The monoisotopic (exact) mass is 470 g/mol. The Balaban J connectivity index is 1.94. The number of benzene rings is 3. The number of esters is 2. The standard InChI is InChI=1S/C29H30N2O4/c1-4-34-28(32)25(29(33)35-5-2)24-26(21-12-8-6-9-13-21)30-31(23-14-10-7-11-15-23)27(24)22-18-16-20(3)17-19-22/h6-19,24-25,27H,4-5H2,1-3H3/t24-,27+/m0/s1. The average Bonchev–Trinajstić information content (AvgIpc) is 3.26. The molecular weight excluding hydrogens is 440 g/mol. The van der Waals surface area contributed by atoms with Gasteiger partial charge in [0, 0.05) is 0 Å². The van der Waals surface area contributed by atoms with Crippen LogP contribution in [0, 0.1) is 18.8 Å². The second-order valence-electron chi connectivity index (χ2n) is 8.39. The predicted octanol–water partition coefficient (Wildman–Crippen LogP) is 5.32. The summed E-state index contributed by atoms with van der Waals surface area (Å²) < 4.78 is 10.8. The van der Waals surface area contributed by atoms with Gasteiger partial charge in [-0.05, 0) is 44.0 Å². The molecule has 1 aliphatic rings. The maximum absolute atomic E-state index is 13.3. The third kappa shape index (κ3) is 5.11. The smallest absolute Gasteiger partial charge is 0.321 e. The number of anilines is 1. The zero-order valence-corrected chi connectivity index (χ0v) is 20.3. The number of carbonyl (C=O) groups is 2. The predicted molar refractivity (Wildman–Crippen MR) is 136 cm³/mol. The number of nitrogens with zero attached hydrogens (tertiary/aromatic N) is 2. The molecule has 0 N–H and O–H groups in total. The highest BCUT2D eigenvalue weighted by Crippen LogP contribution is 2.45. The summed E-state index contributed by atoms with van der Waals surface area (Å²) in [7, 11) is 0. The van der Waals surface area contributed by atoms with Gasteiger partial charge in [0.15, 0.2) is 5.92 Å². The van der Waals surface area contributed by atoms with Crippen LogP contribution < -0.4 is 5.01 Å². The molecule has 35 heavy (non-hydrogen) atoms. The Hall–Kier alpha value is -3.93. The van der Waals surface area contributed by atoms with Crippen LogP contribution in [0.3, 0.4) is 0 Å². The molecule has 1 heterocycles. The highest BCUT2D eigenvalue weighted by atomic mass is 16.6. The third-order valence-corrected chi connectivity index (χ3v) is 6.08.